The average molecular weight is 527 g/mol. The lowest BCUT2D eigenvalue weighted by Crippen LogP contribution is -2.40. The molecule has 0 unspecified atom stereocenters. The second kappa shape index (κ2) is 10.9. The number of nitrogens with one attached hydrogen (secondary N) is 1. The molecule has 1 amide bonds. The van der Waals surface area contributed by atoms with Crippen molar-refractivity contribution in [2.75, 3.05) is 32.8 Å². The fourth-order valence-electron chi connectivity index (χ4n) is 3.77. The summed E-state index contributed by atoms with van der Waals surface area (Å²) in [6, 6.07) is 12.3. The smallest absolute Gasteiger partial charge is 0.276 e. The monoisotopic (exact) mass is 526 g/mol. The summed E-state index contributed by atoms with van der Waals surface area (Å²) in [5.74, 6) is 5.60. The first-order chi connectivity index (χ1) is 17.1. The number of carbonyl (C=O) groups is 1. The average Bonchev–Trinajstić information content (AvgIpc) is 3.16. The summed E-state index contributed by atoms with van der Waals surface area (Å²) in [4.78, 5) is 15.2. The molecule has 2 heterocycles. The van der Waals surface area contributed by atoms with Crippen LogP contribution in [0.15, 0.2) is 42.5 Å². The summed E-state index contributed by atoms with van der Waals surface area (Å²) in [6.45, 7) is 9.42. The highest BCUT2D eigenvalue weighted by Gasteiger charge is 2.27. The fraction of sp³-hybridized carbons (Fsp3) is 0.333. The van der Waals surface area contributed by atoms with Crippen molar-refractivity contribution >= 4 is 29.1 Å². The normalized spacial score (nSPS) is 14.2. The van der Waals surface area contributed by atoms with Crippen LogP contribution >= 0.6 is 23.2 Å². The van der Waals surface area contributed by atoms with Gasteiger partial charge in [0.2, 0.25) is 0 Å². The molecule has 4 rings (SSSR count). The van der Waals surface area contributed by atoms with Crippen LogP contribution in [0.4, 0.5) is 0 Å². The van der Waals surface area contributed by atoms with E-state index in [1.165, 1.54) is 4.68 Å². The minimum atomic E-state index is -0.507. The Morgan fingerprint density at radius 1 is 1.14 bits per heavy atom. The maximum Gasteiger partial charge on any atom is 0.276 e. The number of hydrogen-bond donors (Lipinski definition) is 2. The zero-order valence-electron chi connectivity index (χ0n) is 20.4. The summed E-state index contributed by atoms with van der Waals surface area (Å²) >= 11 is 12.7. The molecule has 3 aromatic rings. The molecule has 1 aliphatic rings. The van der Waals surface area contributed by atoms with E-state index in [-0.39, 0.29) is 11.4 Å². The van der Waals surface area contributed by atoms with Crippen LogP contribution in [0.3, 0.4) is 0 Å². The molecular formula is C27H28Cl2N4O3. The SMILES string of the molecule is CC(C)(C)NC(=O)c1nn(-c2ccc(C#CCN3CCOCC3)cc2Cl)c(-c2ccc(Cl)cc2)c1O. The molecule has 1 aliphatic heterocycles. The molecule has 0 atom stereocenters. The van der Waals surface area contributed by atoms with Gasteiger partial charge >= 0.3 is 0 Å². The molecule has 188 valence electrons. The van der Waals surface area contributed by atoms with Crippen molar-refractivity contribution in [2.45, 2.75) is 26.3 Å². The van der Waals surface area contributed by atoms with Crippen LogP contribution in [0.2, 0.25) is 10.0 Å². The van der Waals surface area contributed by atoms with E-state index in [9.17, 15) is 9.90 Å². The fourth-order valence-corrected chi connectivity index (χ4v) is 4.16. The highest BCUT2D eigenvalue weighted by atomic mass is 35.5. The highest BCUT2D eigenvalue weighted by molar-refractivity contribution is 6.32. The van der Waals surface area contributed by atoms with Crippen LogP contribution in [0, 0.1) is 11.8 Å². The molecular weight excluding hydrogens is 499 g/mol. The number of benzene rings is 2. The van der Waals surface area contributed by atoms with E-state index < -0.39 is 11.4 Å². The van der Waals surface area contributed by atoms with Gasteiger partial charge in [0.25, 0.3) is 5.91 Å². The van der Waals surface area contributed by atoms with Crippen LogP contribution in [-0.2, 0) is 4.74 Å². The van der Waals surface area contributed by atoms with Gasteiger partial charge < -0.3 is 15.2 Å². The lowest BCUT2D eigenvalue weighted by atomic mass is 10.1. The van der Waals surface area contributed by atoms with E-state index in [2.05, 4.69) is 27.2 Å². The van der Waals surface area contributed by atoms with E-state index in [1.807, 2.05) is 26.8 Å². The van der Waals surface area contributed by atoms with Gasteiger partial charge in [-0.3, -0.25) is 9.69 Å². The molecule has 2 aromatic carbocycles. The Morgan fingerprint density at radius 2 is 1.83 bits per heavy atom. The maximum absolute atomic E-state index is 12.9. The first-order valence-electron chi connectivity index (χ1n) is 11.6. The molecule has 2 N–H and O–H groups in total. The largest absolute Gasteiger partial charge is 0.504 e. The van der Waals surface area contributed by atoms with Crippen LogP contribution in [0.5, 0.6) is 5.75 Å². The molecule has 0 bridgehead atoms. The first kappa shape index (κ1) is 26.1. The molecule has 0 radical (unpaired) electrons. The zero-order chi connectivity index (χ0) is 25.9. The molecule has 1 fully saturated rings. The van der Waals surface area contributed by atoms with Crippen LogP contribution in [0.1, 0.15) is 36.8 Å². The van der Waals surface area contributed by atoms with E-state index in [1.54, 1.807) is 36.4 Å². The number of nitrogens with zero attached hydrogens (tertiary/aromatic N) is 3. The predicted octanol–water partition coefficient (Wildman–Crippen LogP) is 4.76. The number of ether oxygens (including phenoxy) is 1. The van der Waals surface area contributed by atoms with Gasteiger partial charge in [-0.2, -0.15) is 5.10 Å². The Hall–Kier alpha value is -3.02. The number of rotatable bonds is 4. The quantitative estimate of drug-likeness (QED) is 0.479. The molecule has 0 spiro atoms. The van der Waals surface area contributed by atoms with Gasteiger partial charge in [-0.15, -0.1) is 0 Å². The van der Waals surface area contributed by atoms with Crippen molar-refractivity contribution in [3.8, 4) is 34.5 Å². The van der Waals surface area contributed by atoms with E-state index in [0.717, 1.165) is 31.9 Å². The summed E-state index contributed by atoms with van der Waals surface area (Å²) in [7, 11) is 0. The molecule has 1 aromatic heterocycles. The molecule has 1 saturated heterocycles. The van der Waals surface area contributed by atoms with Gasteiger partial charge in [0.1, 0.15) is 5.69 Å². The Bertz CT molecular complexity index is 1310. The zero-order valence-corrected chi connectivity index (χ0v) is 22.0. The van der Waals surface area contributed by atoms with Gasteiger partial charge in [0, 0.05) is 34.8 Å². The lowest BCUT2D eigenvalue weighted by molar-refractivity contribution is 0.0443. The number of aromatic nitrogens is 2. The van der Waals surface area contributed by atoms with Crippen LogP contribution < -0.4 is 5.32 Å². The van der Waals surface area contributed by atoms with Gasteiger partial charge in [0.15, 0.2) is 11.4 Å². The van der Waals surface area contributed by atoms with Gasteiger partial charge in [-0.05, 0) is 51.1 Å². The van der Waals surface area contributed by atoms with Crippen molar-refractivity contribution in [1.29, 1.82) is 0 Å². The maximum atomic E-state index is 12.9. The number of hydrogen-bond acceptors (Lipinski definition) is 5. The first-order valence-corrected chi connectivity index (χ1v) is 12.4. The minimum absolute atomic E-state index is 0.0969. The third kappa shape index (κ3) is 6.21. The Balaban J connectivity index is 1.70. The topological polar surface area (TPSA) is 79.6 Å². The molecule has 0 aliphatic carbocycles. The number of halogens is 2. The summed E-state index contributed by atoms with van der Waals surface area (Å²) in [5, 5.41) is 19.3. The third-order valence-electron chi connectivity index (χ3n) is 5.50. The Labute approximate surface area is 221 Å². The number of morpholine rings is 1. The second-order valence-electron chi connectivity index (χ2n) is 9.53. The number of aromatic hydroxyl groups is 1. The molecule has 9 heteroatoms. The molecule has 36 heavy (non-hydrogen) atoms. The summed E-state index contributed by atoms with van der Waals surface area (Å²) in [5.41, 5.74) is 1.62. The van der Waals surface area contributed by atoms with Crippen molar-refractivity contribution in [2.24, 2.45) is 0 Å². The van der Waals surface area contributed by atoms with E-state index in [4.69, 9.17) is 27.9 Å². The van der Waals surface area contributed by atoms with Gasteiger partial charge in [-0.25, -0.2) is 4.68 Å². The Morgan fingerprint density at radius 3 is 2.47 bits per heavy atom. The van der Waals surface area contributed by atoms with Crippen molar-refractivity contribution < 1.29 is 14.6 Å². The second-order valence-corrected chi connectivity index (χ2v) is 10.4. The van der Waals surface area contributed by atoms with Gasteiger partial charge in [-0.1, -0.05) is 47.2 Å². The van der Waals surface area contributed by atoms with E-state index >= 15 is 0 Å². The predicted molar refractivity (Wildman–Crippen MR) is 142 cm³/mol. The minimum Gasteiger partial charge on any atom is -0.504 e. The lowest BCUT2D eigenvalue weighted by Gasteiger charge is -2.24. The third-order valence-corrected chi connectivity index (χ3v) is 6.05. The summed E-state index contributed by atoms with van der Waals surface area (Å²) in [6.07, 6.45) is 0. The van der Waals surface area contributed by atoms with Crippen LogP contribution in [-0.4, -0.2) is 64.1 Å². The van der Waals surface area contributed by atoms with E-state index in [0.29, 0.717) is 33.5 Å². The van der Waals surface area contributed by atoms with Crippen molar-refractivity contribution in [1.82, 2.24) is 20.0 Å². The summed E-state index contributed by atoms with van der Waals surface area (Å²) < 4.78 is 6.84. The highest BCUT2D eigenvalue weighted by Crippen LogP contribution is 2.37. The van der Waals surface area contributed by atoms with Crippen molar-refractivity contribution in [3.63, 3.8) is 0 Å². The standard InChI is InChI=1S/C27H28Cl2N4O3/c1-27(2,3)30-26(35)23-25(34)24(19-7-9-20(28)10-8-19)33(31-23)22-11-6-18(17-21(22)29)5-4-12-32-13-15-36-16-14-32/h6-11,17,34H,12-16H2,1-3H3,(H,30,35). The number of carbonyl (C=O) groups excluding carboxylic acids is 1. The van der Waals surface area contributed by atoms with Gasteiger partial charge in [0.05, 0.1) is 30.5 Å². The van der Waals surface area contributed by atoms with Crippen LogP contribution in [0.25, 0.3) is 16.9 Å². The molecule has 0 saturated carbocycles. The Kier molecular flexibility index (Phi) is 7.91. The molecule has 7 nitrogen and oxygen atoms in total. The number of amides is 1. The van der Waals surface area contributed by atoms with Crippen molar-refractivity contribution in [3.05, 3.63) is 63.8 Å².